The van der Waals surface area contributed by atoms with Gasteiger partial charge in [0.25, 0.3) is 0 Å². The normalized spacial score (nSPS) is 14.6. The first-order valence-electron chi connectivity index (χ1n) is 7.66. The molecule has 3 nitrogen and oxygen atoms in total. The molecular weight excluding hydrogens is 246 g/mol. The van der Waals surface area contributed by atoms with Gasteiger partial charge in [-0.1, -0.05) is 19.9 Å². The molecule has 0 aliphatic heterocycles. The van der Waals surface area contributed by atoms with Crippen molar-refractivity contribution in [2.75, 3.05) is 18.0 Å². The summed E-state index contributed by atoms with van der Waals surface area (Å²) in [6.07, 6.45) is 4.54. The zero-order chi connectivity index (χ0) is 14.5. The lowest BCUT2D eigenvalue weighted by Gasteiger charge is -2.23. The second-order valence-corrected chi connectivity index (χ2v) is 6.17. The van der Waals surface area contributed by atoms with Crippen molar-refractivity contribution in [3.63, 3.8) is 0 Å². The second kappa shape index (κ2) is 6.89. The van der Waals surface area contributed by atoms with E-state index in [1.54, 1.807) is 0 Å². The topological polar surface area (TPSA) is 28.2 Å². The molecule has 110 valence electrons. The minimum absolute atomic E-state index is 0.666. The molecule has 0 radical (unpaired) electrons. The summed E-state index contributed by atoms with van der Waals surface area (Å²) in [6.45, 7) is 13.3. The first kappa shape index (κ1) is 15.0. The zero-order valence-electron chi connectivity index (χ0n) is 13.0. The van der Waals surface area contributed by atoms with E-state index in [4.69, 9.17) is 4.98 Å². The van der Waals surface area contributed by atoms with Crippen molar-refractivity contribution in [1.29, 1.82) is 0 Å². The monoisotopic (exact) mass is 273 g/mol. The molecule has 1 N–H and O–H groups in total. The largest absolute Gasteiger partial charge is 0.350 e. The highest BCUT2D eigenvalue weighted by atomic mass is 15.2. The van der Waals surface area contributed by atoms with Crippen LogP contribution in [0.1, 0.15) is 37.9 Å². The Labute approximate surface area is 123 Å². The van der Waals surface area contributed by atoms with Gasteiger partial charge in [0.05, 0.1) is 0 Å². The molecule has 1 aromatic heterocycles. The second-order valence-electron chi connectivity index (χ2n) is 6.17. The van der Waals surface area contributed by atoms with Crippen molar-refractivity contribution in [3.05, 3.63) is 36.0 Å². The van der Waals surface area contributed by atoms with E-state index in [-0.39, 0.29) is 0 Å². The molecule has 0 bridgehead atoms. The summed E-state index contributed by atoms with van der Waals surface area (Å²) in [5.74, 6) is 1.79. The quantitative estimate of drug-likeness (QED) is 0.737. The van der Waals surface area contributed by atoms with Crippen molar-refractivity contribution in [1.82, 2.24) is 10.3 Å². The average Bonchev–Trinajstić information content (AvgIpc) is 3.19. The molecule has 1 heterocycles. The molecule has 20 heavy (non-hydrogen) atoms. The van der Waals surface area contributed by atoms with Gasteiger partial charge < -0.3 is 10.2 Å². The van der Waals surface area contributed by atoms with Crippen molar-refractivity contribution in [2.45, 2.75) is 46.2 Å². The van der Waals surface area contributed by atoms with E-state index in [1.165, 1.54) is 18.4 Å². The standard InChI is InChI=1S/C17H27N3/c1-5-8-20(16-6-7-16)17-10-15(9-14(4)19-17)12-18-11-13(2)3/h5,9-10,13,16,18H,1,6-8,11-12H2,2-4H3. The Morgan fingerprint density at radius 2 is 2.20 bits per heavy atom. The highest BCUT2D eigenvalue weighted by Crippen LogP contribution is 2.31. The van der Waals surface area contributed by atoms with E-state index < -0.39 is 0 Å². The highest BCUT2D eigenvalue weighted by Gasteiger charge is 2.29. The lowest BCUT2D eigenvalue weighted by Crippen LogP contribution is -2.27. The van der Waals surface area contributed by atoms with Crippen molar-refractivity contribution >= 4 is 5.82 Å². The van der Waals surface area contributed by atoms with Crippen LogP contribution in [0, 0.1) is 12.8 Å². The molecule has 0 saturated heterocycles. The number of aromatic nitrogens is 1. The molecule has 1 saturated carbocycles. The summed E-state index contributed by atoms with van der Waals surface area (Å²) in [5, 5.41) is 3.50. The van der Waals surface area contributed by atoms with Crippen LogP contribution in [0.25, 0.3) is 0 Å². The maximum Gasteiger partial charge on any atom is 0.129 e. The Hall–Kier alpha value is -1.35. The van der Waals surface area contributed by atoms with Crippen LogP contribution in [0.5, 0.6) is 0 Å². The molecule has 1 aliphatic rings. The predicted octanol–water partition coefficient (Wildman–Crippen LogP) is 3.29. The molecule has 1 aliphatic carbocycles. The van der Waals surface area contributed by atoms with Crippen molar-refractivity contribution in [3.8, 4) is 0 Å². The number of pyridine rings is 1. The Kier molecular flexibility index (Phi) is 5.18. The fraction of sp³-hybridized carbons (Fsp3) is 0.588. The third-order valence-electron chi connectivity index (χ3n) is 3.49. The number of aryl methyl sites for hydroxylation is 1. The van der Waals surface area contributed by atoms with E-state index in [9.17, 15) is 0 Å². The van der Waals surface area contributed by atoms with Gasteiger partial charge >= 0.3 is 0 Å². The Morgan fingerprint density at radius 1 is 1.45 bits per heavy atom. The van der Waals surface area contributed by atoms with Crippen molar-refractivity contribution in [2.24, 2.45) is 5.92 Å². The number of hydrogen-bond donors (Lipinski definition) is 1. The van der Waals surface area contributed by atoms with Crippen molar-refractivity contribution < 1.29 is 0 Å². The van der Waals surface area contributed by atoms with E-state index >= 15 is 0 Å². The lowest BCUT2D eigenvalue weighted by molar-refractivity contribution is 0.552. The van der Waals surface area contributed by atoms with Crippen LogP contribution in [-0.2, 0) is 6.54 Å². The van der Waals surface area contributed by atoms with Crippen LogP contribution in [0.3, 0.4) is 0 Å². The average molecular weight is 273 g/mol. The maximum atomic E-state index is 4.71. The Morgan fingerprint density at radius 3 is 2.80 bits per heavy atom. The smallest absolute Gasteiger partial charge is 0.129 e. The van der Waals surface area contributed by atoms with E-state index in [0.717, 1.165) is 31.1 Å². The first-order valence-corrected chi connectivity index (χ1v) is 7.66. The van der Waals surface area contributed by atoms with Gasteiger partial charge in [-0.2, -0.15) is 0 Å². The molecule has 2 rings (SSSR count). The number of nitrogens with zero attached hydrogens (tertiary/aromatic N) is 2. The molecular formula is C17H27N3. The summed E-state index contributed by atoms with van der Waals surface area (Å²) in [6, 6.07) is 5.07. The molecule has 0 atom stereocenters. The molecule has 0 amide bonds. The summed E-state index contributed by atoms with van der Waals surface area (Å²) < 4.78 is 0. The minimum atomic E-state index is 0.666. The first-order chi connectivity index (χ1) is 9.60. The number of hydrogen-bond acceptors (Lipinski definition) is 3. The summed E-state index contributed by atoms with van der Waals surface area (Å²) in [7, 11) is 0. The minimum Gasteiger partial charge on any atom is -0.350 e. The van der Waals surface area contributed by atoms with Gasteiger partial charge in [0.15, 0.2) is 0 Å². The van der Waals surface area contributed by atoms with Gasteiger partial charge in [-0.3, -0.25) is 0 Å². The zero-order valence-corrected chi connectivity index (χ0v) is 13.0. The van der Waals surface area contributed by atoms with Gasteiger partial charge in [0.2, 0.25) is 0 Å². The predicted molar refractivity (Wildman–Crippen MR) is 86.1 cm³/mol. The van der Waals surface area contributed by atoms with Gasteiger partial charge in [-0.15, -0.1) is 6.58 Å². The van der Waals surface area contributed by atoms with E-state index in [1.807, 2.05) is 6.08 Å². The van der Waals surface area contributed by atoms with Crippen LogP contribution in [0.4, 0.5) is 5.82 Å². The van der Waals surface area contributed by atoms with Crippen LogP contribution in [0.15, 0.2) is 24.8 Å². The van der Waals surface area contributed by atoms with Gasteiger partial charge in [0.1, 0.15) is 5.82 Å². The highest BCUT2D eigenvalue weighted by molar-refractivity contribution is 5.45. The van der Waals surface area contributed by atoms with Gasteiger partial charge in [-0.25, -0.2) is 4.98 Å². The molecule has 3 heteroatoms. The van der Waals surface area contributed by atoms with Crippen LogP contribution < -0.4 is 10.2 Å². The van der Waals surface area contributed by atoms with Crippen LogP contribution in [-0.4, -0.2) is 24.1 Å². The Balaban J connectivity index is 2.08. The lowest BCUT2D eigenvalue weighted by atomic mass is 10.2. The number of rotatable bonds is 8. The van der Waals surface area contributed by atoms with Crippen LogP contribution >= 0.6 is 0 Å². The molecule has 1 aromatic rings. The Bertz CT molecular complexity index is 450. The molecule has 0 aromatic carbocycles. The summed E-state index contributed by atoms with van der Waals surface area (Å²) in [4.78, 5) is 7.09. The molecule has 0 spiro atoms. The summed E-state index contributed by atoms with van der Waals surface area (Å²) in [5.41, 5.74) is 2.42. The SMILES string of the molecule is C=CCN(c1cc(CNCC(C)C)cc(C)n1)C1CC1. The number of nitrogens with one attached hydrogen (secondary N) is 1. The number of anilines is 1. The third kappa shape index (κ3) is 4.34. The van der Waals surface area contributed by atoms with E-state index in [0.29, 0.717) is 12.0 Å². The summed E-state index contributed by atoms with van der Waals surface area (Å²) >= 11 is 0. The maximum absolute atomic E-state index is 4.71. The fourth-order valence-electron chi connectivity index (χ4n) is 2.43. The molecule has 0 unspecified atom stereocenters. The van der Waals surface area contributed by atoms with Gasteiger partial charge in [0, 0.05) is 24.8 Å². The van der Waals surface area contributed by atoms with E-state index in [2.05, 4.69) is 49.7 Å². The van der Waals surface area contributed by atoms with Gasteiger partial charge in [-0.05, 0) is 49.9 Å². The third-order valence-corrected chi connectivity index (χ3v) is 3.49. The molecule has 1 fully saturated rings. The van der Waals surface area contributed by atoms with Crippen LogP contribution in [0.2, 0.25) is 0 Å². The fourth-order valence-corrected chi connectivity index (χ4v) is 2.43.